The van der Waals surface area contributed by atoms with Crippen molar-refractivity contribution in [1.82, 2.24) is 24.6 Å². The molecule has 3 aromatic rings. The van der Waals surface area contributed by atoms with Gasteiger partial charge in [-0.25, -0.2) is 0 Å². The third-order valence-electron chi connectivity index (χ3n) is 5.34. The van der Waals surface area contributed by atoms with Gasteiger partial charge in [-0.15, -0.1) is 0 Å². The Morgan fingerprint density at radius 1 is 1.28 bits per heavy atom. The van der Waals surface area contributed by atoms with Crippen molar-refractivity contribution >= 4 is 11.7 Å². The molecule has 2 N–H and O–H groups in total. The lowest BCUT2D eigenvalue weighted by Gasteiger charge is -2.25. The van der Waals surface area contributed by atoms with E-state index in [1.165, 1.54) is 0 Å². The maximum Gasteiger partial charge on any atom is 0.263 e. The molecule has 1 aliphatic rings. The van der Waals surface area contributed by atoms with Crippen LogP contribution < -0.4 is 16.2 Å². The zero-order valence-corrected chi connectivity index (χ0v) is 16.6. The smallest absolute Gasteiger partial charge is 0.263 e. The van der Waals surface area contributed by atoms with Crippen LogP contribution in [0.2, 0.25) is 0 Å². The summed E-state index contributed by atoms with van der Waals surface area (Å²) in [7, 11) is 1.75. The summed E-state index contributed by atoms with van der Waals surface area (Å²) in [5.41, 5.74) is 2.15. The van der Waals surface area contributed by atoms with Crippen LogP contribution in [0.25, 0.3) is 11.3 Å². The van der Waals surface area contributed by atoms with E-state index >= 15 is 0 Å². The molecule has 0 atom stereocenters. The summed E-state index contributed by atoms with van der Waals surface area (Å²) >= 11 is 0. The molecule has 150 valence electrons. The first-order chi connectivity index (χ1) is 14.0. The highest BCUT2D eigenvalue weighted by atomic mass is 16.2. The van der Waals surface area contributed by atoms with Gasteiger partial charge < -0.3 is 15.2 Å². The predicted molar refractivity (Wildman–Crippen MR) is 111 cm³/mol. The topological polar surface area (TPSA) is 93.8 Å². The lowest BCUT2D eigenvalue weighted by molar-refractivity contribution is 0.102. The molecule has 4 heterocycles. The molecule has 1 fully saturated rings. The highest BCUT2D eigenvalue weighted by Crippen LogP contribution is 2.21. The number of hydrogen-bond donors (Lipinski definition) is 2. The monoisotopic (exact) mass is 392 g/mol. The number of aromatic nitrogens is 4. The van der Waals surface area contributed by atoms with Crippen molar-refractivity contribution in [2.24, 2.45) is 7.05 Å². The number of piperidine rings is 1. The molecule has 0 unspecified atom stereocenters. The van der Waals surface area contributed by atoms with Gasteiger partial charge in [-0.2, -0.15) is 5.10 Å². The van der Waals surface area contributed by atoms with Gasteiger partial charge in [0.15, 0.2) is 0 Å². The molecule has 0 saturated carbocycles. The van der Waals surface area contributed by atoms with E-state index in [4.69, 9.17) is 0 Å². The van der Waals surface area contributed by atoms with Crippen molar-refractivity contribution in [3.63, 3.8) is 0 Å². The first-order valence-corrected chi connectivity index (χ1v) is 9.73. The van der Waals surface area contributed by atoms with E-state index in [9.17, 15) is 9.59 Å². The molecule has 0 aromatic carbocycles. The molecule has 29 heavy (non-hydrogen) atoms. The first kappa shape index (κ1) is 19.1. The van der Waals surface area contributed by atoms with E-state index in [2.05, 4.69) is 20.7 Å². The second-order valence-corrected chi connectivity index (χ2v) is 7.30. The highest BCUT2D eigenvalue weighted by molar-refractivity contribution is 6.04. The van der Waals surface area contributed by atoms with Gasteiger partial charge in [0, 0.05) is 43.3 Å². The number of amides is 1. The van der Waals surface area contributed by atoms with Gasteiger partial charge in [0.05, 0.1) is 5.69 Å². The Labute approximate surface area is 168 Å². The summed E-state index contributed by atoms with van der Waals surface area (Å²) < 4.78 is 3.29. The van der Waals surface area contributed by atoms with E-state index in [0.29, 0.717) is 17.1 Å². The summed E-state index contributed by atoms with van der Waals surface area (Å²) in [6.45, 7) is 3.53. The molecule has 0 spiro atoms. The largest absolute Gasteiger partial charge is 0.317 e. The van der Waals surface area contributed by atoms with E-state index < -0.39 is 5.91 Å². The van der Waals surface area contributed by atoms with E-state index in [1.807, 2.05) is 18.2 Å². The van der Waals surface area contributed by atoms with Crippen LogP contribution in [-0.4, -0.2) is 38.3 Å². The molecular weight excluding hydrogens is 368 g/mol. The summed E-state index contributed by atoms with van der Waals surface area (Å²) in [5.74, 6) is 0.0986. The third-order valence-corrected chi connectivity index (χ3v) is 5.34. The Morgan fingerprint density at radius 2 is 2.07 bits per heavy atom. The zero-order valence-electron chi connectivity index (χ0n) is 16.6. The minimum atomic E-state index is -0.420. The van der Waals surface area contributed by atoms with Gasteiger partial charge in [-0.1, -0.05) is 0 Å². The van der Waals surface area contributed by atoms with E-state index in [-0.39, 0.29) is 17.2 Å². The van der Waals surface area contributed by atoms with Gasteiger partial charge in [0.25, 0.3) is 11.5 Å². The van der Waals surface area contributed by atoms with E-state index in [0.717, 1.165) is 31.5 Å². The van der Waals surface area contributed by atoms with Crippen LogP contribution in [-0.2, 0) is 7.05 Å². The lowest BCUT2D eigenvalue weighted by Crippen LogP contribution is -2.37. The van der Waals surface area contributed by atoms with Crippen LogP contribution in [0.15, 0.2) is 47.7 Å². The highest BCUT2D eigenvalue weighted by Gasteiger charge is 2.22. The SMILES string of the molecule is Cc1ccn(C2CCNCC2)c(=O)c1C(=O)Nc1cc(-c2cccnc2)nn1C. The molecule has 1 amide bonds. The molecule has 0 bridgehead atoms. The number of hydrogen-bond acceptors (Lipinski definition) is 5. The Hall–Kier alpha value is -3.26. The molecule has 0 aliphatic carbocycles. The van der Waals surface area contributed by atoms with Crippen molar-refractivity contribution in [2.45, 2.75) is 25.8 Å². The maximum absolute atomic E-state index is 13.1. The fourth-order valence-electron chi connectivity index (χ4n) is 3.71. The zero-order chi connectivity index (χ0) is 20.4. The van der Waals surface area contributed by atoms with Crippen LogP contribution in [0.4, 0.5) is 5.82 Å². The number of nitrogens with zero attached hydrogens (tertiary/aromatic N) is 4. The molecule has 8 nitrogen and oxygen atoms in total. The second kappa shape index (κ2) is 8.00. The average Bonchev–Trinajstić information content (AvgIpc) is 3.10. The fraction of sp³-hybridized carbons (Fsp3) is 0.333. The number of rotatable bonds is 4. The molecule has 0 radical (unpaired) electrons. The van der Waals surface area contributed by atoms with Gasteiger partial charge >= 0.3 is 0 Å². The van der Waals surface area contributed by atoms with E-state index in [1.54, 1.807) is 47.9 Å². The van der Waals surface area contributed by atoms with Gasteiger partial charge in [-0.3, -0.25) is 19.3 Å². The molecule has 3 aromatic heterocycles. The Balaban J connectivity index is 1.62. The quantitative estimate of drug-likeness (QED) is 0.709. The maximum atomic E-state index is 13.1. The summed E-state index contributed by atoms with van der Waals surface area (Å²) in [5, 5.41) is 10.6. The predicted octanol–water partition coefficient (Wildman–Crippen LogP) is 2.13. The fourth-order valence-corrected chi connectivity index (χ4v) is 3.71. The summed E-state index contributed by atoms with van der Waals surface area (Å²) in [6.07, 6.45) is 6.96. The molecule has 1 aliphatic heterocycles. The van der Waals surface area contributed by atoms with Crippen LogP contribution in [0.5, 0.6) is 0 Å². The minimum Gasteiger partial charge on any atom is -0.317 e. The van der Waals surface area contributed by atoms with Gasteiger partial charge in [0.2, 0.25) is 0 Å². The summed E-state index contributed by atoms with van der Waals surface area (Å²) in [6, 6.07) is 7.46. The number of aryl methyl sites for hydroxylation is 2. The van der Waals surface area contributed by atoms with Crippen molar-refractivity contribution in [1.29, 1.82) is 0 Å². The Bertz CT molecular complexity index is 1080. The van der Waals surface area contributed by atoms with Crippen molar-refractivity contribution in [3.05, 3.63) is 64.3 Å². The van der Waals surface area contributed by atoms with Crippen molar-refractivity contribution in [2.75, 3.05) is 18.4 Å². The number of nitrogens with one attached hydrogen (secondary N) is 2. The number of anilines is 1. The number of carbonyl (C=O) groups is 1. The summed E-state index contributed by atoms with van der Waals surface area (Å²) in [4.78, 5) is 30.2. The van der Waals surface area contributed by atoms with Crippen LogP contribution in [0.3, 0.4) is 0 Å². The second-order valence-electron chi connectivity index (χ2n) is 7.30. The van der Waals surface area contributed by atoms with Gasteiger partial charge in [-0.05, 0) is 56.6 Å². The number of carbonyl (C=O) groups excluding carboxylic acids is 1. The third kappa shape index (κ3) is 3.84. The lowest BCUT2D eigenvalue weighted by atomic mass is 10.0. The molecular formula is C21H24N6O2. The molecule has 4 rings (SSSR count). The molecule has 8 heteroatoms. The Kier molecular flexibility index (Phi) is 5.26. The normalized spacial score (nSPS) is 14.7. The Morgan fingerprint density at radius 3 is 2.79 bits per heavy atom. The standard InChI is InChI=1S/C21H24N6O2/c1-14-7-11-27(16-5-9-22-10-6-16)21(29)19(14)20(28)24-18-12-17(25-26(18)2)15-4-3-8-23-13-15/h3-4,7-8,11-13,16,22H,5-6,9-10H2,1-2H3,(H,24,28). The minimum absolute atomic E-state index is 0.116. The first-order valence-electron chi connectivity index (χ1n) is 9.73. The van der Waals surface area contributed by atoms with Crippen molar-refractivity contribution < 1.29 is 4.79 Å². The van der Waals surface area contributed by atoms with Gasteiger partial charge in [0.1, 0.15) is 11.4 Å². The van der Waals surface area contributed by atoms with Crippen LogP contribution in [0, 0.1) is 6.92 Å². The average molecular weight is 392 g/mol. The molecule has 1 saturated heterocycles. The van der Waals surface area contributed by atoms with Crippen molar-refractivity contribution in [3.8, 4) is 11.3 Å². The van der Waals surface area contributed by atoms with Crippen LogP contribution in [0.1, 0.15) is 34.8 Å². The van der Waals surface area contributed by atoms with Crippen LogP contribution >= 0.6 is 0 Å². The number of pyridine rings is 2.